The van der Waals surface area contributed by atoms with Gasteiger partial charge in [-0.15, -0.1) is 0 Å². The van der Waals surface area contributed by atoms with E-state index in [1.54, 1.807) is 0 Å². The van der Waals surface area contributed by atoms with E-state index in [9.17, 15) is 9.90 Å². The first kappa shape index (κ1) is 12.9. The maximum absolute atomic E-state index is 11.6. The van der Waals surface area contributed by atoms with Crippen LogP contribution in [0.5, 0.6) is 0 Å². The van der Waals surface area contributed by atoms with Crippen molar-refractivity contribution >= 4 is 33.5 Å². The fourth-order valence-electron chi connectivity index (χ4n) is 2.72. The number of rotatable bonds is 2. The van der Waals surface area contributed by atoms with E-state index in [0.717, 1.165) is 28.4 Å². The normalized spacial score (nSPS) is 18.3. The molecule has 1 fully saturated rings. The fraction of sp³-hybridized carbons (Fsp3) is 0.462. The lowest BCUT2D eigenvalue weighted by molar-refractivity contribution is -0.143. The highest BCUT2D eigenvalue weighted by Crippen LogP contribution is 2.44. The van der Waals surface area contributed by atoms with Gasteiger partial charge in [-0.1, -0.05) is 40.4 Å². The lowest BCUT2D eigenvalue weighted by Gasteiger charge is -2.27. The predicted molar refractivity (Wildman–Crippen MR) is 71.7 cm³/mol. The van der Waals surface area contributed by atoms with Crippen LogP contribution in [0.1, 0.15) is 36.8 Å². The Balaban J connectivity index is 2.62. The summed E-state index contributed by atoms with van der Waals surface area (Å²) >= 11 is 9.53. The summed E-state index contributed by atoms with van der Waals surface area (Å²) in [6, 6.07) is 3.71. The Hall–Kier alpha value is -0.540. The SMILES string of the molecule is Cc1c(Cl)cc(Br)cc1C1(C(=O)O)CCCC1. The molecule has 1 aromatic carbocycles. The minimum Gasteiger partial charge on any atom is -0.481 e. The zero-order chi connectivity index (χ0) is 12.6. The van der Waals surface area contributed by atoms with E-state index in [-0.39, 0.29) is 0 Å². The Morgan fingerprint density at radius 3 is 2.53 bits per heavy atom. The van der Waals surface area contributed by atoms with Crippen LogP contribution in [0, 0.1) is 6.92 Å². The number of carboxylic acids is 1. The molecular weight excluding hydrogens is 303 g/mol. The van der Waals surface area contributed by atoms with E-state index >= 15 is 0 Å². The van der Waals surface area contributed by atoms with E-state index in [1.807, 2.05) is 19.1 Å². The zero-order valence-corrected chi connectivity index (χ0v) is 11.9. The summed E-state index contributed by atoms with van der Waals surface area (Å²) in [6.07, 6.45) is 3.34. The van der Waals surface area contributed by atoms with Crippen molar-refractivity contribution in [3.05, 3.63) is 32.8 Å². The molecule has 1 aliphatic rings. The zero-order valence-electron chi connectivity index (χ0n) is 9.59. The Labute approximate surface area is 114 Å². The van der Waals surface area contributed by atoms with E-state index in [0.29, 0.717) is 17.9 Å². The predicted octanol–water partition coefficient (Wildman–Crippen LogP) is 4.31. The molecule has 2 nitrogen and oxygen atoms in total. The molecule has 0 radical (unpaired) electrons. The van der Waals surface area contributed by atoms with E-state index in [1.165, 1.54) is 0 Å². The second kappa shape index (κ2) is 4.62. The van der Waals surface area contributed by atoms with Gasteiger partial charge in [0.15, 0.2) is 0 Å². The first-order chi connectivity index (χ1) is 7.97. The molecule has 2 rings (SSSR count). The number of aliphatic carboxylic acids is 1. The summed E-state index contributed by atoms with van der Waals surface area (Å²) in [6.45, 7) is 1.90. The molecule has 1 aliphatic carbocycles. The molecule has 0 aromatic heterocycles. The highest BCUT2D eigenvalue weighted by atomic mass is 79.9. The van der Waals surface area contributed by atoms with Crippen LogP contribution in [-0.2, 0) is 10.2 Å². The molecule has 1 N–H and O–H groups in total. The van der Waals surface area contributed by atoms with Crippen molar-refractivity contribution in [2.24, 2.45) is 0 Å². The van der Waals surface area contributed by atoms with Crippen LogP contribution in [0.4, 0.5) is 0 Å². The van der Waals surface area contributed by atoms with Crippen LogP contribution >= 0.6 is 27.5 Å². The molecule has 0 spiro atoms. The average Bonchev–Trinajstić information content (AvgIpc) is 2.73. The molecule has 0 unspecified atom stereocenters. The lowest BCUT2D eigenvalue weighted by Crippen LogP contribution is -2.33. The molecule has 0 amide bonds. The lowest BCUT2D eigenvalue weighted by atomic mass is 9.77. The largest absolute Gasteiger partial charge is 0.481 e. The Morgan fingerprint density at radius 2 is 2.00 bits per heavy atom. The summed E-state index contributed by atoms with van der Waals surface area (Å²) in [4.78, 5) is 11.6. The number of benzene rings is 1. The Kier molecular flexibility index (Phi) is 3.50. The van der Waals surface area contributed by atoms with Crippen molar-refractivity contribution in [3.63, 3.8) is 0 Å². The molecule has 92 valence electrons. The fourth-order valence-corrected chi connectivity index (χ4v) is 3.53. The number of hydrogen-bond donors (Lipinski definition) is 1. The summed E-state index contributed by atoms with van der Waals surface area (Å²) in [5.41, 5.74) is 1.01. The Bertz CT molecular complexity index is 465. The average molecular weight is 318 g/mol. The maximum Gasteiger partial charge on any atom is 0.314 e. The van der Waals surface area contributed by atoms with Gasteiger partial charge in [-0.3, -0.25) is 4.79 Å². The van der Waals surface area contributed by atoms with Crippen molar-refractivity contribution in [1.29, 1.82) is 0 Å². The van der Waals surface area contributed by atoms with Crippen molar-refractivity contribution < 1.29 is 9.90 Å². The van der Waals surface area contributed by atoms with Crippen LogP contribution in [-0.4, -0.2) is 11.1 Å². The highest BCUT2D eigenvalue weighted by molar-refractivity contribution is 9.10. The molecule has 0 atom stereocenters. The van der Waals surface area contributed by atoms with Gasteiger partial charge in [-0.2, -0.15) is 0 Å². The third-order valence-corrected chi connectivity index (χ3v) is 4.54. The van der Waals surface area contributed by atoms with Crippen LogP contribution in [0.3, 0.4) is 0 Å². The van der Waals surface area contributed by atoms with Gasteiger partial charge in [0, 0.05) is 9.50 Å². The number of hydrogen-bond acceptors (Lipinski definition) is 1. The van der Waals surface area contributed by atoms with Gasteiger partial charge in [0.05, 0.1) is 5.41 Å². The third-order valence-electron chi connectivity index (χ3n) is 3.69. The van der Waals surface area contributed by atoms with Gasteiger partial charge in [0.2, 0.25) is 0 Å². The van der Waals surface area contributed by atoms with Gasteiger partial charge in [0.25, 0.3) is 0 Å². The molecule has 17 heavy (non-hydrogen) atoms. The quantitative estimate of drug-likeness (QED) is 0.882. The summed E-state index contributed by atoms with van der Waals surface area (Å²) in [5.74, 6) is -0.729. The van der Waals surface area contributed by atoms with Crippen LogP contribution in [0.25, 0.3) is 0 Å². The number of halogens is 2. The van der Waals surface area contributed by atoms with Gasteiger partial charge in [-0.25, -0.2) is 0 Å². The minimum absolute atomic E-state index is 0.627. The molecule has 1 saturated carbocycles. The van der Waals surface area contributed by atoms with Gasteiger partial charge < -0.3 is 5.11 Å². The standard InChI is InChI=1S/C13H14BrClO2/c1-8-10(6-9(14)7-11(8)15)13(12(16)17)4-2-3-5-13/h6-7H,2-5H2,1H3,(H,16,17). The van der Waals surface area contributed by atoms with Crippen molar-refractivity contribution in [1.82, 2.24) is 0 Å². The first-order valence-corrected chi connectivity index (χ1v) is 6.84. The van der Waals surface area contributed by atoms with Gasteiger partial charge in [-0.05, 0) is 43.0 Å². The van der Waals surface area contributed by atoms with E-state index in [2.05, 4.69) is 15.9 Å². The second-order valence-corrected chi connectivity index (χ2v) is 5.98. The van der Waals surface area contributed by atoms with Gasteiger partial charge in [0.1, 0.15) is 0 Å². The molecule has 1 aromatic rings. The second-order valence-electron chi connectivity index (χ2n) is 4.65. The van der Waals surface area contributed by atoms with E-state index < -0.39 is 11.4 Å². The first-order valence-electron chi connectivity index (χ1n) is 5.67. The van der Waals surface area contributed by atoms with Crippen molar-refractivity contribution in [3.8, 4) is 0 Å². The van der Waals surface area contributed by atoms with Crippen LogP contribution < -0.4 is 0 Å². The number of carboxylic acid groups (broad SMARTS) is 1. The summed E-state index contributed by atoms with van der Waals surface area (Å²) < 4.78 is 0.843. The highest BCUT2D eigenvalue weighted by Gasteiger charge is 2.44. The Morgan fingerprint density at radius 1 is 1.41 bits per heavy atom. The minimum atomic E-state index is -0.739. The number of carbonyl (C=O) groups is 1. The molecule has 0 aliphatic heterocycles. The topological polar surface area (TPSA) is 37.3 Å². The molecular formula is C13H14BrClO2. The van der Waals surface area contributed by atoms with Crippen LogP contribution in [0.2, 0.25) is 5.02 Å². The summed E-state index contributed by atoms with van der Waals surface area (Å²) in [5, 5.41) is 10.2. The van der Waals surface area contributed by atoms with Crippen LogP contribution in [0.15, 0.2) is 16.6 Å². The van der Waals surface area contributed by atoms with Gasteiger partial charge >= 0.3 is 5.97 Å². The summed E-state index contributed by atoms with van der Waals surface area (Å²) in [7, 11) is 0. The molecule has 4 heteroatoms. The van der Waals surface area contributed by atoms with Crippen molar-refractivity contribution in [2.45, 2.75) is 38.0 Å². The van der Waals surface area contributed by atoms with Crippen molar-refractivity contribution in [2.75, 3.05) is 0 Å². The smallest absolute Gasteiger partial charge is 0.314 e. The molecule has 0 bridgehead atoms. The molecule has 0 saturated heterocycles. The monoisotopic (exact) mass is 316 g/mol. The van der Waals surface area contributed by atoms with E-state index in [4.69, 9.17) is 11.6 Å². The third kappa shape index (κ3) is 2.11. The maximum atomic E-state index is 11.6. The molecule has 0 heterocycles.